The molecule has 0 unspecified atom stereocenters. The number of hydrogen-bond acceptors (Lipinski definition) is 20. The van der Waals surface area contributed by atoms with Crippen LogP contribution in [0.15, 0.2) is 102 Å². The van der Waals surface area contributed by atoms with Crippen molar-refractivity contribution in [1.82, 2.24) is 29.9 Å². The Labute approximate surface area is 547 Å². The Kier molecular flexibility index (Phi) is 45.2. The number of carbonyl (C=O) groups excluding carboxylic acids is 2. The van der Waals surface area contributed by atoms with Crippen molar-refractivity contribution in [2.24, 2.45) is 16.7 Å². The van der Waals surface area contributed by atoms with Gasteiger partial charge >= 0.3 is 59.9 Å². The fraction of sp³-hybridized carbons (Fsp3) is 0.400. The van der Waals surface area contributed by atoms with Crippen LogP contribution in [0.1, 0.15) is 85.3 Å². The Morgan fingerprint density at radius 1 is 0.583 bits per heavy atom. The van der Waals surface area contributed by atoms with E-state index in [2.05, 4.69) is 74.3 Å². The van der Waals surface area contributed by atoms with Crippen molar-refractivity contribution in [1.29, 1.82) is 0 Å². The normalized spacial score (nSPS) is 12.3. The third-order valence-corrected chi connectivity index (χ3v) is 11.3. The quantitative estimate of drug-likeness (QED) is 0.0256. The van der Waals surface area contributed by atoms with Crippen LogP contribution in [0.2, 0.25) is 10.3 Å². The predicted molar refractivity (Wildman–Crippen MR) is 312 cm³/mol. The van der Waals surface area contributed by atoms with E-state index in [0.29, 0.717) is 49.9 Å². The Balaban J connectivity index is -0.000000990. The maximum atomic E-state index is 12.2. The number of rotatable bonds is 19. The number of hydrogen-bond donors (Lipinski definition) is 2. The number of aromatic nitrogens is 6. The molecule has 6 aromatic rings. The molecule has 0 radical (unpaired) electrons. The molecule has 22 nitrogen and oxygen atoms in total. The zero-order chi connectivity index (χ0) is 58.2. The fourth-order valence-electron chi connectivity index (χ4n) is 7.37. The molecule has 2 aliphatic heterocycles. The molecule has 0 aliphatic carbocycles. The van der Waals surface area contributed by atoms with Gasteiger partial charge in [0.05, 0.1) is 92.6 Å². The van der Waals surface area contributed by atoms with Gasteiger partial charge in [0.1, 0.15) is 23.9 Å². The summed E-state index contributed by atoms with van der Waals surface area (Å²) in [5.74, 6) is 8.56. The van der Waals surface area contributed by atoms with Crippen LogP contribution in [0, 0.1) is 0 Å². The molecule has 1 fully saturated rings. The van der Waals surface area contributed by atoms with Gasteiger partial charge in [-0.3, -0.25) is 26.3 Å². The molecule has 1 saturated heterocycles. The number of benzene rings is 3. The summed E-state index contributed by atoms with van der Waals surface area (Å²) >= 11 is 16.7. The Morgan fingerprint density at radius 3 is 1.45 bits per heavy atom. The number of halogens is 5. The summed E-state index contributed by atoms with van der Waals surface area (Å²) in [6, 6.07) is 31.2. The summed E-state index contributed by atoms with van der Waals surface area (Å²) in [6.07, 6.45) is 3.86. The van der Waals surface area contributed by atoms with Crippen LogP contribution in [0.4, 0.5) is 0 Å². The summed E-state index contributed by atoms with van der Waals surface area (Å²) in [5, 5.41) is 4.55. The van der Waals surface area contributed by atoms with Gasteiger partial charge in [-0.1, -0.05) is 161 Å². The number of methoxy groups -OCH3 is 6. The summed E-state index contributed by atoms with van der Waals surface area (Å²) in [7, 11) is 8.85. The van der Waals surface area contributed by atoms with Gasteiger partial charge in [-0.05, 0) is 28.3 Å². The molecule has 8 rings (SSSR count). The second kappa shape index (κ2) is 45.5. The van der Waals surface area contributed by atoms with E-state index in [-0.39, 0.29) is 137 Å². The molecule has 3 aromatic heterocycles. The maximum Gasteiger partial charge on any atom is 2.00 e. The zero-order valence-corrected chi connectivity index (χ0v) is 54.3. The molecule has 0 bridgehead atoms. The van der Waals surface area contributed by atoms with Crippen LogP contribution in [0.25, 0.3) is 5.32 Å². The number of piperidine rings is 1. The van der Waals surface area contributed by atoms with Crippen LogP contribution < -0.4 is 83.8 Å². The summed E-state index contributed by atoms with van der Waals surface area (Å²) in [6.45, 7) is 10.9. The second-order valence-corrected chi connectivity index (χ2v) is 18.9. The minimum atomic E-state index is -0.467. The van der Waals surface area contributed by atoms with Crippen molar-refractivity contribution in [2.45, 2.75) is 84.4 Å². The fourth-order valence-corrected chi connectivity index (χ4v) is 7.87. The van der Waals surface area contributed by atoms with Crippen molar-refractivity contribution < 1.29 is 101 Å². The average molecular weight is 1270 g/mol. The van der Waals surface area contributed by atoms with Gasteiger partial charge in [0.25, 0.3) is 0 Å². The first kappa shape index (κ1) is 83.5. The van der Waals surface area contributed by atoms with E-state index in [1.807, 2.05) is 91.0 Å². The largest absolute Gasteiger partial charge is 2.00 e. The average Bonchev–Trinajstić information content (AvgIpc) is 3.81. The van der Waals surface area contributed by atoms with Crippen molar-refractivity contribution in [2.75, 3.05) is 62.5 Å². The van der Waals surface area contributed by atoms with Gasteiger partial charge in [-0.15, -0.1) is 11.1 Å². The number of fused-ring (bicyclic) bond motifs is 1. The van der Waals surface area contributed by atoms with Crippen LogP contribution in [-0.4, -0.2) is 149 Å². The molecule has 0 atom stereocenters. The van der Waals surface area contributed by atoms with E-state index in [9.17, 15) is 9.59 Å². The van der Waals surface area contributed by atoms with Gasteiger partial charge < -0.3 is 78.2 Å². The van der Waals surface area contributed by atoms with E-state index in [4.69, 9.17) is 82.8 Å². The second-order valence-electron chi connectivity index (χ2n) is 17.7. The Bertz CT molecular complexity index is 2770. The third-order valence-electron chi connectivity index (χ3n) is 10.7. The number of nitrogens with zero attached hydrogens (tertiary/aromatic N) is 8. The number of ether oxygens (including phenoxy) is 9. The molecule has 0 amide bonds. The molecular weight excluding hydrogens is 1200 g/mol. The molecule has 452 valence electrons. The first-order valence-corrected chi connectivity index (χ1v) is 25.5. The van der Waals surface area contributed by atoms with Crippen LogP contribution in [0.3, 0.4) is 0 Å². The molecule has 6 N–H and O–H groups in total. The van der Waals surface area contributed by atoms with E-state index in [0.717, 1.165) is 33.7 Å². The van der Waals surface area contributed by atoms with Gasteiger partial charge in [0.15, 0.2) is 10.9 Å². The molecule has 84 heavy (non-hydrogen) atoms. The molecule has 2 aliphatic rings. The number of hydrazine groups is 1. The zero-order valence-electron chi connectivity index (χ0n) is 49.1. The first-order chi connectivity index (χ1) is 37.9. The molecule has 3 aromatic carbocycles. The molecule has 5 heterocycles. The van der Waals surface area contributed by atoms with Crippen molar-refractivity contribution in [3.63, 3.8) is 0 Å². The maximum absolute atomic E-state index is 12.2. The van der Waals surface area contributed by atoms with Gasteiger partial charge in [0.2, 0.25) is 22.9 Å². The number of nitrogens with two attached hydrogens (primary N) is 2. The summed E-state index contributed by atoms with van der Waals surface area (Å²) in [4.78, 5) is 50.9. The number of carbonyl (C=O) groups is 2. The van der Waals surface area contributed by atoms with Crippen LogP contribution in [-0.2, 0) is 45.4 Å². The van der Waals surface area contributed by atoms with E-state index in [1.54, 1.807) is 7.11 Å². The smallest absolute Gasteiger partial charge is 1.00 e. The Morgan fingerprint density at radius 2 is 1.02 bits per heavy atom. The minimum absolute atomic E-state index is 0. The summed E-state index contributed by atoms with van der Waals surface area (Å²) < 4.78 is 46.1. The third kappa shape index (κ3) is 31.1. The predicted octanol–water partition coefficient (Wildman–Crippen LogP) is -0.598. The topological polar surface area (TPSA) is 305 Å². The van der Waals surface area contributed by atoms with Crippen LogP contribution >= 0.6 is 34.8 Å². The van der Waals surface area contributed by atoms with Gasteiger partial charge in [-0.25, -0.2) is 0 Å². The summed E-state index contributed by atoms with van der Waals surface area (Å²) in [5.41, 5.74) is 6.12. The van der Waals surface area contributed by atoms with E-state index < -0.39 is 5.24 Å². The SMILES string of the molecule is CC1(C)CCCC(C)(C)[N-]1.COc1cc(Cl)nc(OC)n1.COc1nc(Cl)c(C(=O)COCc2ccccc2)c(OC)n1.COc1nc2c(c(OC)n1)C(COCc1ccccc1)=NC2.NN.O.O=C(Cl)COCc1ccccc1.[Cl-].[Cl-].[Li+].[Mg+2]. The monoisotopic (exact) mass is 1270 g/mol. The molecular formula is C55H72Cl5LiMgN10O12. The standard InChI is InChI=1S/C16H17N3O3.C15H15ClN2O4.C9H9ClO2.C9H18N.C6H7ClN2O2.2ClH.Li.Mg.H4N2.H2O/c1-20-15-14-12(18-16(19-15)21-2)8-17-13(14)10-22-9-11-6-4-3-5-7-11;1-20-14-12(13(16)17-15(18-14)21-2)11(19)9-22-8-10-6-4-3-5-7-10;10-9(11)7-12-6-8-4-2-1-3-5-8;1-8(2)6-5-7-9(3,4)10-8;1-10-5-3-4(7)8-6(9-5)11-2;;;;;1-2;/h3-7H,8-10H2,1-2H3;3-7H,8-9H2,1-2H3;1-5H,6-7H2;5-7H2,1-4H3;3H,1-2H3;2*1H;;;1-2H2;1H2/q;;;-1;;;;+1;+2;;/p-2. The van der Waals surface area contributed by atoms with Gasteiger partial charge in [0, 0.05) is 6.07 Å². The minimum Gasteiger partial charge on any atom is -1.00 e. The van der Waals surface area contributed by atoms with Crippen LogP contribution in [0.5, 0.6) is 35.7 Å². The van der Waals surface area contributed by atoms with Crippen molar-refractivity contribution in [3.8, 4) is 35.7 Å². The molecule has 0 saturated carbocycles. The first-order valence-electron chi connectivity index (χ1n) is 24.4. The van der Waals surface area contributed by atoms with Gasteiger partial charge in [-0.2, -0.15) is 29.9 Å². The number of Topliss-reactive ketones (excluding diaryl/α,β-unsaturated/α-hetero) is 1. The number of aliphatic imine (C=N–C) groups is 1. The van der Waals surface area contributed by atoms with Crippen molar-refractivity contribution in [3.05, 3.63) is 146 Å². The Hall–Kier alpha value is -4.76. The van der Waals surface area contributed by atoms with E-state index in [1.165, 1.54) is 60.9 Å². The molecule has 29 heteroatoms. The van der Waals surface area contributed by atoms with E-state index >= 15 is 0 Å². The van der Waals surface area contributed by atoms with Crippen molar-refractivity contribution >= 4 is 74.6 Å². The molecule has 0 spiro atoms. The number of ketones is 1.